The number of halogens is 1. The number of hydrogen-bond acceptors (Lipinski definition) is 6. The van der Waals surface area contributed by atoms with E-state index in [0.29, 0.717) is 28.3 Å². The second kappa shape index (κ2) is 9.65. The van der Waals surface area contributed by atoms with Gasteiger partial charge in [-0.15, -0.1) is 11.8 Å². The second-order valence-electron chi connectivity index (χ2n) is 5.92. The third-order valence-corrected chi connectivity index (χ3v) is 4.50. The van der Waals surface area contributed by atoms with Crippen molar-refractivity contribution >= 4 is 33.7 Å². The average Bonchev–Trinajstić information content (AvgIpc) is 2.46. The number of benzene rings is 1. The lowest BCUT2D eigenvalue weighted by Gasteiger charge is -2.22. The molecule has 0 atom stereocenters. The van der Waals surface area contributed by atoms with Gasteiger partial charge in [0, 0.05) is 23.9 Å². The zero-order chi connectivity index (χ0) is 18.3. The number of esters is 1. The van der Waals surface area contributed by atoms with E-state index in [4.69, 9.17) is 14.2 Å². The lowest BCUT2D eigenvalue weighted by atomic mass is 10.1. The van der Waals surface area contributed by atoms with Crippen molar-refractivity contribution in [2.24, 2.45) is 0 Å². The first-order valence-electron chi connectivity index (χ1n) is 7.80. The summed E-state index contributed by atoms with van der Waals surface area (Å²) in [4.78, 5) is 13.1. The number of carbonyl (C=O) groups is 1. The van der Waals surface area contributed by atoms with Crippen molar-refractivity contribution in [3.8, 4) is 5.75 Å². The van der Waals surface area contributed by atoms with Gasteiger partial charge in [-0.1, -0.05) is 0 Å². The van der Waals surface area contributed by atoms with Crippen LogP contribution in [-0.4, -0.2) is 41.9 Å². The van der Waals surface area contributed by atoms with Crippen LogP contribution in [0.1, 0.15) is 45.0 Å². The molecule has 24 heavy (non-hydrogen) atoms. The highest BCUT2D eigenvalue weighted by molar-refractivity contribution is 9.10. The average molecular weight is 421 g/mol. The largest absolute Gasteiger partial charge is 0.506 e. The van der Waals surface area contributed by atoms with Gasteiger partial charge in [0.25, 0.3) is 0 Å². The molecular formula is C17H25BrO5S. The number of rotatable bonds is 8. The molecule has 0 heterocycles. The van der Waals surface area contributed by atoms with Crippen LogP contribution in [0.15, 0.2) is 21.5 Å². The maximum Gasteiger partial charge on any atom is 0.343 e. The second-order valence-corrected chi connectivity index (χ2v) is 7.84. The van der Waals surface area contributed by atoms with E-state index in [-0.39, 0.29) is 17.6 Å². The van der Waals surface area contributed by atoms with Crippen LogP contribution < -0.4 is 0 Å². The molecule has 0 amide bonds. The van der Waals surface area contributed by atoms with E-state index >= 15 is 0 Å². The van der Waals surface area contributed by atoms with Gasteiger partial charge in [0.15, 0.2) is 6.29 Å². The summed E-state index contributed by atoms with van der Waals surface area (Å²) in [7, 11) is 0. The summed E-state index contributed by atoms with van der Waals surface area (Å²) in [6, 6.07) is 3.46. The molecule has 0 spiro atoms. The standard InChI is InChI=1S/C17H25BrO5S/c1-6-21-13(22-7-2)10-24-12-9-8-11(18)15(19)14(12)16(20)23-17(3,4)5/h8-9,13,19H,6-7,10H2,1-5H3. The molecule has 7 heteroatoms. The van der Waals surface area contributed by atoms with Gasteiger partial charge in [-0.3, -0.25) is 0 Å². The highest BCUT2D eigenvalue weighted by Crippen LogP contribution is 2.37. The monoisotopic (exact) mass is 420 g/mol. The van der Waals surface area contributed by atoms with Gasteiger partial charge in [-0.2, -0.15) is 0 Å². The van der Waals surface area contributed by atoms with Gasteiger partial charge in [-0.05, 0) is 62.7 Å². The van der Waals surface area contributed by atoms with Gasteiger partial charge in [0.1, 0.15) is 16.9 Å². The predicted molar refractivity (Wildman–Crippen MR) is 98.7 cm³/mol. The molecule has 5 nitrogen and oxygen atoms in total. The molecule has 0 fully saturated rings. The number of aromatic hydroxyl groups is 1. The van der Waals surface area contributed by atoms with Gasteiger partial charge in [-0.25, -0.2) is 4.79 Å². The summed E-state index contributed by atoms with van der Waals surface area (Å²) in [5.74, 6) is -0.190. The lowest BCUT2D eigenvalue weighted by Crippen LogP contribution is -2.24. The van der Waals surface area contributed by atoms with E-state index in [9.17, 15) is 9.90 Å². The Bertz CT molecular complexity index is 551. The minimum atomic E-state index is -0.646. The number of phenols is 1. The topological polar surface area (TPSA) is 65.0 Å². The maximum atomic E-state index is 12.5. The van der Waals surface area contributed by atoms with Crippen LogP contribution in [0.5, 0.6) is 5.75 Å². The Morgan fingerprint density at radius 1 is 1.25 bits per heavy atom. The summed E-state index contributed by atoms with van der Waals surface area (Å²) in [6.45, 7) is 10.2. The molecule has 1 rings (SSSR count). The smallest absolute Gasteiger partial charge is 0.343 e. The van der Waals surface area contributed by atoms with E-state index in [1.807, 2.05) is 13.8 Å². The normalized spacial score (nSPS) is 11.8. The molecule has 0 saturated heterocycles. The zero-order valence-electron chi connectivity index (χ0n) is 14.7. The number of ether oxygens (including phenoxy) is 3. The molecule has 0 aliphatic heterocycles. The van der Waals surface area contributed by atoms with Crippen molar-refractivity contribution in [3.05, 3.63) is 22.2 Å². The quantitative estimate of drug-likeness (QED) is 0.376. The summed E-state index contributed by atoms with van der Waals surface area (Å²) in [5.41, 5.74) is -0.497. The third-order valence-electron chi connectivity index (χ3n) is 2.77. The fourth-order valence-corrected chi connectivity index (χ4v) is 3.19. The molecule has 0 bridgehead atoms. The summed E-state index contributed by atoms with van der Waals surface area (Å²) in [5, 5.41) is 10.3. The van der Waals surface area contributed by atoms with Crippen LogP contribution in [0.2, 0.25) is 0 Å². The van der Waals surface area contributed by atoms with Gasteiger partial charge >= 0.3 is 5.97 Å². The number of carbonyl (C=O) groups excluding carboxylic acids is 1. The Kier molecular flexibility index (Phi) is 8.56. The maximum absolute atomic E-state index is 12.5. The number of phenolic OH excluding ortho intramolecular Hbond substituents is 1. The molecule has 0 radical (unpaired) electrons. The van der Waals surface area contributed by atoms with Crippen molar-refractivity contribution in [1.29, 1.82) is 0 Å². The Morgan fingerprint density at radius 3 is 2.33 bits per heavy atom. The van der Waals surface area contributed by atoms with E-state index in [0.717, 1.165) is 0 Å². The minimum absolute atomic E-state index is 0.126. The molecule has 0 aliphatic rings. The third kappa shape index (κ3) is 6.63. The Hall–Kier alpha value is -0.760. The minimum Gasteiger partial charge on any atom is -0.506 e. The summed E-state index contributed by atoms with van der Waals surface area (Å²) < 4.78 is 16.9. The van der Waals surface area contributed by atoms with Gasteiger partial charge < -0.3 is 19.3 Å². The lowest BCUT2D eigenvalue weighted by molar-refractivity contribution is -0.120. The van der Waals surface area contributed by atoms with E-state index in [1.54, 1.807) is 32.9 Å². The van der Waals surface area contributed by atoms with Crippen molar-refractivity contribution in [2.45, 2.75) is 51.4 Å². The van der Waals surface area contributed by atoms with Crippen LogP contribution in [0, 0.1) is 0 Å². The Balaban J connectivity index is 3.02. The van der Waals surface area contributed by atoms with Crippen molar-refractivity contribution in [3.63, 3.8) is 0 Å². The van der Waals surface area contributed by atoms with Crippen molar-refractivity contribution in [2.75, 3.05) is 19.0 Å². The summed E-state index contributed by atoms with van der Waals surface area (Å²) >= 11 is 4.62. The van der Waals surface area contributed by atoms with Gasteiger partial charge in [0.05, 0.1) is 4.47 Å². The highest BCUT2D eigenvalue weighted by Gasteiger charge is 2.25. The molecule has 0 saturated carbocycles. The predicted octanol–water partition coefficient (Wildman–Crippen LogP) is 4.60. The van der Waals surface area contributed by atoms with Crippen LogP contribution in [0.25, 0.3) is 0 Å². The van der Waals surface area contributed by atoms with Crippen molar-refractivity contribution in [1.82, 2.24) is 0 Å². The van der Waals surface area contributed by atoms with Crippen LogP contribution in [-0.2, 0) is 14.2 Å². The summed E-state index contributed by atoms with van der Waals surface area (Å²) in [6.07, 6.45) is -0.373. The van der Waals surface area contributed by atoms with Crippen LogP contribution >= 0.6 is 27.7 Å². The molecule has 0 aromatic heterocycles. The van der Waals surface area contributed by atoms with E-state index in [1.165, 1.54) is 11.8 Å². The Morgan fingerprint density at radius 2 is 1.83 bits per heavy atom. The SMILES string of the molecule is CCOC(CSc1ccc(Br)c(O)c1C(=O)OC(C)(C)C)OCC. The van der Waals surface area contributed by atoms with Crippen LogP contribution in [0.4, 0.5) is 0 Å². The first-order valence-corrected chi connectivity index (χ1v) is 9.58. The molecule has 0 aliphatic carbocycles. The Labute approximate surface area is 156 Å². The van der Waals surface area contributed by atoms with E-state index < -0.39 is 11.6 Å². The first kappa shape index (κ1) is 21.3. The molecular weight excluding hydrogens is 396 g/mol. The zero-order valence-corrected chi connectivity index (χ0v) is 17.1. The molecule has 1 aromatic rings. The molecule has 136 valence electrons. The fraction of sp³-hybridized carbons (Fsp3) is 0.588. The van der Waals surface area contributed by atoms with Crippen molar-refractivity contribution < 1.29 is 24.1 Å². The first-order chi connectivity index (χ1) is 11.2. The molecule has 0 unspecified atom stereocenters. The van der Waals surface area contributed by atoms with E-state index in [2.05, 4.69) is 15.9 Å². The van der Waals surface area contributed by atoms with Crippen LogP contribution in [0.3, 0.4) is 0 Å². The molecule has 1 aromatic carbocycles. The van der Waals surface area contributed by atoms with Gasteiger partial charge in [0.2, 0.25) is 0 Å². The highest BCUT2D eigenvalue weighted by atomic mass is 79.9. The number of hydrogen-bond donors (Lipinski definition) is 1. The molecule has 1 N–H and O–H groups in total. The fourth-order valence-electron chi connectivity index (χ4n) is 1.87. The number of thioether (sulfide) groups is 1.